The van der Waals surface area contributed by atoms with Crippen molar-refractivity contribution in [3.8, 4) is 17.2 Å². The molecule has 1 unspecified atom stereocenters. The van der Waals surface area contributed by atoms with Crippen LogP contribution in [0.4, 0.5) is 13.2 Å². The molecule has 0 saturated heterocycles. The fourth-order valence-electron chi connectivity index (χ4n) is 1.97. The van der Waals surface area contributed by atoms with Crippen molar-refractivity contribution in [2.24, 2.45) is 0 Å². The number of aliphatic hydroxyl groups is 1. The van der Waals surface area contributed by atoms with Gasteiger partial charge in [0.05, 0.1) is 21.3 Å². The highest BCUT2D eigenvalue weighted by molar-refractivity contribution is 5.57. The molecule has 1 aromatic rings. The van der Waals surface area contributed by atoms with Crippen LogP contribution in [0.1, 0.15) is 18.9 Å². The minimum absolute atomic E-state index is 0.00336. The van der Waals surface area contributed by atoms with Crippen molar-refractivity contribution in [3.05, 3.63) is 17.7 Å². The summed E-state index contributed by atoms with van der Waals surface area (Å²) in [5, 5.41) is 10.0. The van der Waals surface area contributed by atoms with E-state index in [4.69, 9.17) is 14.2 Å². The van der Waals surface area contributed by atoms with Crippen LogP contribution in [0.15, 0.2) is 12.1 Å². The molecular weight excluding hydrogens is 277 g/mol. The van der Waals surface area contributed by atoms with E-state index in [1.165, 1.54) is 34.3 Å². The zero-order valence-corrected chi connectivity index (χ0v) is 11.7. The van der Waals surface area contributed by atoms with Crippen molar-refractivity contribution < 1.29 is 32.5 Å². The van der Waals surface area contributed by atoms with Gasteiger partial charge in [0, 0.05) is 5.56 Å². The molecule has 7 heteroatoms. The van der Waals surface area contributed by atoms with Crippen molar-refractivity contribution in [1.29, 1.82) is 0 Å². The second-order valence-electron chi connectivity index (χ2n) is 4.09. The monoisotopic (exact) mass is 294 g/mol. The van der Waals surface area contributed by atoms with Gasteiger partial charge in [-0.15, -0.1) is 0 Å². The standard InChI is InChI=1S/C13H17F3O4/c1-5-12(17,13(14,15)16)8-6-7-9(18-2)11(20-4)10(8)19-3/h6-7,17H,5H2,1-4H3. The lowest BCUT2D eigenvalue weighted by Gasteiger charge is -2.31. The fraction of sp³-hybridized carbons (Fsp3) is 0.538. The Hall–Kier alpha value is -1.63. The van der Waals surface area contributed by atoms with Gasteiger partial charge in [-0.2, -0.15) is 13.2 Å². The molecule has 0 radical (unpaired) electrons. The summed E-state index contributed by atoms with van der Waals surface area (Å²) in [4.78, 5) is 0. The van der Waals surface area contributed by atoms with Crippen LogP contribution in [-0.2, 0) is 5.60 Å². The Balaban J connectivity index is 3.60. The second-order valence-corrected chi connectivity index (χ2v) is 4.09. The third-order valence-electron chi connectivity index (χ3n) is 3.13. The Labute approximate surface area is 115 Å². The number of rotatable bonds is 5. The van der Waals surface area contributed by atoms with Crippen molar-refractivity contribution in [3.63, 3.8) is 0 Å². The van der Waals surface area contributed by atoms with Gasteiger partial charge in [0.2, 0.25) is 5.75 Å². The zero-order chi connectivity index (χ0) is 15.6. The Morgan fingerprint density at radius 2 is 1.55 bits per heavy atom. The molecule has 114 valence electrons. The minimum atomic E-state index is -4.84. The smallest absolute Gasteiger partial charge is 0.421 e. The summed E-state index contributed by atoms with van der Waals surface area (Å²) in [6.45, 7) is 1.24. The van der Waals surface area contributed by atoms with Crippen LogP contribution in [0, 0.1) is 0 Å². The molecule has 0 fully saturated rings. The van der Waals surface area contributed by atoms with Gasteiger partial charge in [-0.3, -0.25) is 0 Å². The highest BCUT2D eigenvalue weighted by Crippen LogP contribution is 2.50. The molecule has 1 atom stereocenters. The van der Waals surface area contributed by atoms with E-state index in [1.54, 1.807) is 0 Å². The summed E-state index contributed by atoms with van der Waals surface area (Å²) in [6, 6.07) is 2.42. The van der Waals surface area contributed by atoms with Crippen LogP contribution in [0.2, 0.25) is 0 Å². The van der Waals surface area contributed by atoms with Crippen molar-refractivity contribution in [2.45, 2.75) is 25.1 Å². The van der Waals surface area contributed by atoms with Crippen molar-refractivity contribution >= 4 is 0 Å². The molecular formula is C13H17F3O4. The Morgan fingerprint density at radius 1 is 1.00 bits per heavy atom. The molecule has 0 saturated carbocycles. The number of hydrogen-bond acceptors (Lipinski definition) is 4. The lowest BCUT2D eigenvalue weighted by atomic mass is 9.89. The predicted octanol–water partition coefficient (Wildman–Crippen LogP) is 2.87. The maximum absolute atomic E-state index is 13.1. The normalized spacial score (nSPS) is 14.6. The molecule has 1 aromatic carbocycles. The van der Waals surface area contributed by atoms with Crippen LogP contribution < -0.4 is 14.2 Å². The van der Waals surface area contributed by atoms with E-state index in [9.17, 15) is 18.3 Å². The third kappa shape index (κ3) is 2.49. The van der Waals surface area contributed by atoms with Gasteiger partial charge in [-0.25, -0.2) is 0 Å². The molecule has 4 nitrogen and oxygen atoms in total. The van der Waals surface area contributed by atoms with Crippen LogP contribution >= 0.6 is 0 Å². The number of hydrogen-bond donors (Lipinski definition) is 1. The first-order valence-corrected chi connectivity index (χ1v) is 5.85. The quantitative estimate of drug-likeness (QED) is 0.907. The van der Waals surface area contributed by atoms with Gasteiger partial charge in [-0.1, -0.05) is 6.92 Å². The molecule has 0 amide bonds. The molecule has 0 aliphatic carbocycles. The van der Waals surface area contributed by atoms with E-state index in [2.05, 4.69) is 0 Å². The Bertz CT molecular complexity index is 473. The van der Waals surface area contributed by atoms with E-state index >= 15 is 0 Å². The molecule has 0 heterocycles. The maximum Gasteiger partial charge on any atom is 0.421 e. The topological polar surface area (TPSA) is 47.9 Å². The Kier molecular flexibility index (Phi) is 4.75. The lowest BCUT2D eigenvalue weighted by Crippen LogP contribution is -2.42. The maximum atomic E-state index is 13.1. The number of methoxy groups -OCH3 is 3. The molecule has 0 bridgehead atoms. The fourth-order valence-corrected chi connectivity index (χ4v) is 1.97. The van der Waals surface area contributed by atoms with Crippen LogP contribution in [0.25, 0.3) is 0 Å². The van der Waals surface area contributed by atoms with Crippen molar-refractivity contribution in [1.82, 2.24) is 0 Å². The molecule has 0 spiro atoms. The first-order chi connectivity index (χ1) is 9.26. The molecule has 20 heavy (non-hydrogen) atoms. The SMILES string of the molecule is CCC(O)(c1ccc(OC)c(OC)c1OC)C(F)(F)F. The van der Waals surface area contributed by atoms with Gasteiger partial charge >= 0.3 is 6.18 Å². The van der Waals surface area contributed by atoms with Crippen LogP contribution in [0.5, 0.6) is 17.2 Å². The molecule has 0 aliphatic rings. The molecule has 0 aromatic heterocycles. The van der Waals surface area contributed by atoms with Gasteiger partial charge in [0.15, 0.2) is 17.1 Å². The van der Waals surface area contributed by atoms with Crippen LogP contribution in [-0.4, -0.2) is 32.6 Å². The zero-order valence-electron chi connectivity index (χ0n) is 11.7. The second kappa shape index (κ2) is 5.78. The van der Waals surface area contributed by atoms with E-state index in [-0.39, 0.29) is 17.2 Å². The average Bonchev–Trinajstić information content (AvgIpc) is 2.43. The summed E-state index contributed by atoms with van der Waals surface area (Å²) in [5.74, 6) is 0.0193. The van der Waals surface area contributed by atoms with E-state index in [0.29, 0.717) is 0 Å². The minimum Gasteiger partial charge on any atom is -0.493 e. The Morgan fingerprint density at radius 3 is 1.90 bits per heavy atom. The van der Waals surface area contributed by atoms with Crippen LogP contribution in [0.3, 0.4) is 0 Å². The summed E-state index contributed by atoms with van der Waals surface area (Å²) >= 11 is 0. The summed E-state index contributed by atoms with van der Waals surface area (Å²) in [6.07, 6.45) is -5.39. The predicted molar refractivity (Wildman–Crippen MR) is 66.3 cm³/mol. The van der Waals surface area contributed by atoms with Crippen molar-refractivity contribution in [2.75, 3.05) is 21.3 Å². The summed E-state index contributed by atoms with van der Waals surface area (Å²) < 4.78 is 54.5. The largest absolute Gasteiger partial charge is 0.493 e. The lowest BCUT2D eigenvalue weighted by molar-refractivity contribution is -0.268. The van der Waals surface area contributed by atoms with E-state index < -0.39 is 23.8 Å². The summed E-state index contributed by atoms with van der Waals surface area (Å²) in [5.41, 5.74) is -3.43. The van der Waals surface area contributed by atoms with Gasteiger partial charge < -0.3 is 19.3 Å². The van der Waals surface area contributed by atoms with Gasteiger partial charge in [-0.05, 0) is 18.6 Å². The first kappa shape index (κ1) is 16.4. The summed E-state index contributed by atoms with van der Waals surface area (Å²) in [7, 11) is 3.84. The number of benzene rings is 1. The number of alkyl halides is 3. The third-order valence-corrected chi connectivity index (χ3v) is 3.13. The molecule has 1 rings (SSSR count). The number of halogens is 3. The number of ether oxygens (including phenoxy) is 3. The van der Waals surface area contributed by atoms with Gasteiger partial charge in [0.1, 0.15) is 0 Å². The van der Waals surface area contributed by atoms with E-state index in [1.807, 2.05) is 0 Å². The highest BCUT2D eigenvalue weighted by Gasteiger charge is 2.55. The highest BCUT2D eigenvalue weighted by atomic mass is 19.4. The average molecular weight is 294 g/mol. The molecule has 0 aliphatic heterocycles. The first-order valence-electron chi connectivity index (χ1n) is 5.85. The van der Waals surface area contributed by atoms with Gasteiger partial charge in [0.25, 0.3) is 0 Å². The molecule has 1 N–H and O–H groups in total. The van der Waals surface area contributed by atoms with E-state index in [0.717, 1.165) is 6.07 Å².